The number of rotatable bonds is 1. The van der Waals surface area contributed by atoms with Gasteiger partial charge in [0.1, 0.15) is 0 Å². The van der Waals surface area contributed by atoms with Crippen LogP contribution < -0.4 is 5.32 Å². The smallest absolute Gasteiger partial charge is 0.0182 e. The number of benzene rings is 1. The highest BCUT2D eigenvalue weighted by Crippen LogP contribution is 2.41. The van der Waals surface area contributed by atoms with Crippen LogP contribution >= 0.6 is 0 Å². The zero-order valence-corrected chi connectivity index (χ0v) is 9.91. The molecule has 3 rings (SSSR count). The highest BCUT2D eigenvalue weighted by atomic mass is 15.0. The van der Waals surface area contributed by atoms with Crippen molar-refractivity contribution in [1.29, 1.82) is 0 Å². The first-order chi connectivity index (χ1) is 7.88. The molecule has 1 heterocycles. The SMILES string of the molecule is c1ccc(C2CCC3(CCCN3)CC2)cc1. The van der Waals surface area contributed by atoms with Gasteiger partial charge in [0, 0.05) is 5.54 Å². The highest BCUT2D eigenvalue weighted by Gasteiger charge is 2.37. The molecule has 1 saturated carbocycles. The van der Waals surface area contributed by atoms with E-state index in [1.165, 1.54) is 45.1 Å². The molecule has 2 fully saturated rings. The fourth-order valence-electron chi connectivity index (χ4n) is 3.52. The van der Waals surface area contributed by atoms with Crippen LogP contribution in [-0.2, 0) is 0 Å². The molecule has 1 heteroatoms. The van der Waals surface area contributed by atoms with Crippen molar-refractivity contribution in [3.05, 3.63) is 35.9 Å². The largest absolute Gasteiger partial charge is 0.311 e. The van der Waals surface area contributed by atoms with Gasteiger partial charge in [0.05, 0.1) is 0 Å². The van der Waals surface area contributed by atoms with E-state index in [1.807, 2.05) is 0 Å². The third kappa shape index (κ3) is 1.89. The van der Waals surface area contributed by atoms with Gasteiger partial charge < -0.3 is 5.32 Å². The molecule has 0 atom stereocenters. The summed E-state index contributed by atoms with van der Waals surface area (Å²) in [5, 5.41) is 3.74. The van der Waals surface area contributed by atoms with E-state index in [9.17, 15) is 0 Å². The topological polar surface area (TPSA) is 12.0 Å². The van der Waals surface area contributed by atoms with Gasteiger partial charge in [-0.05, 0) is 56.6 Å². The molecule has 1 nitrogen and oxygen atoms in total. The van der Waals surface area contributed by atoms with Crippen LogP contribution in [0.3, 0.4) is 0 Å². The molecule has 0 bridgehead atoms. The molecule has 1 N–H and O–H groups in total. The lowest BCUT2D eigenvalue weighted by atomic mass is 9.73. The Morgan fingerprint density at radius 1 is 1.00 bits per heavy atom. The number of hydrogen-bond acceptors (Lipinski definition) is 1. The second-order valence-corrected chi connectivity index (χ2v) is 5.50. The van der Waals surface area contributed by atoms with Crippen molar-refractivity contribution in [2.24, 2.45) is 0 Å². The average Bonchev–Trinajstić information content (AvgIpc) is 2.80. The Morgan fingerprint density at radius 2 is 1.75 bits per heavy atom. The molecule has 0 radical (unpaired) electrons. The van der Waals surface area contributed by atoms with Gasteiger partial charge in [-0.25, -0.2) is 0 Å². The molecule has 1 aromatic carbocycles. The normalized spacial score (nSPS) is 34.4. The third-order valence-corrected chi connectivity index (χ3v) is 4.55. The van der Waals surface area contributed by atoms with E-state index in [2.05, 4.69) is 35.6 Å². The zero-order chi connectivity index (χ0) is 10.8. The average molecular weight is 215 g/mol. The van der Waals surface area contributed by atoms with Crippen molar-refractivity contribution in [2.75, 3.05) is 6.54 Å². The summed E-state index contributed by atoms with van der Waals surface area (Å²) in [7, 11) is 0. The van der Waals surface area contributed by atoms with Crippen LogP contribution in [0.2, 0.25) is 0 Å². The molecule has 0 aromatic heterocycles. The molecule has 1 spiro atoms. The standard InChI is InChI=1S/C15H21N/c1-2-5-13(6-3-1)14-7-10-15(11-8-14)9-4-12-16-15/h1-3,5-6,14,16H,4,7-12H2. The molecule has 1 saturated heterocycles. The lowest BCUT2D eigenvalue weighted by Gasteiger charge is -2.37. The second-order valence-electron chi connectivity index (χ2n) is 5.50. The molecule has 16 heavy (non-hydrogen) atoms. The summed E-state index contributed by atoms with van der Waals surface area (Å²) < 4.78 is 0. The summed E-state index contributed by atoms with van der Waals surface area (Å²) in [4.78, 5) is 0. The lowest BCUT2D eigenvalue weighted by molar-refractivity contribution is 0.244. The Hall–Kier alpha value is -0.820. The predicted molar refractivity (Wildman–Crippen MR) is 67.6 cm³/mol. The fourth-order valence-corrected chi connectivity index (χ4v) is 3.52. The monoisotopic (exact) mass is 215 g/mol. The van der Waals surface area contributed by atoms with E-state index in [0.29, 0.717) is 5.54 Å². The first-order valence-corrected chi connectivity index (χ1v) is 6.68. The number of hydrogen-bond donors (Lipinski definition) is 1. The van der Waals surface area contributed by atoms with Crippen molar-refractivity contribution in [1.82, 2.24) is 5.32 Å². The van der Waals surface area contributed by atoms with E-state index in [-0.39, 0.29) is 0 Å². The maximum Gasteiger partial charge on any atom is 0.0182 e. The molecule has 1 aliphatic carbocycles. The van der Waals surface area contributed by atoms with E-state index in [4.69, 9.17) is 0 Å². The Kier molecular flexibility index (Phi) is 2.72. The van der Waals surface area contributed by atoms with Gasteiger partial charge in [-0.2, -0.15) is 0 Å². The van der Waals surface area contributed by atoms with Gasteiger partial charge in [-0.1, -0.05) is 30.3 Å². The van der Waals surface area contributed by atoms with Crippen LogP contribution in [0.4, 0.5) is 0 Å². The highest BCUT2D eigenvalue weighted by molar-refractivity contribution is 5.20. The summed E-state index contributed by atoms with van der Waals surface area (Å²) in [6, 6.07) is 11.1. The fraction of sp³-hybridized carbons (Fsp3) is 0.600. The first-order valence-electron chi connectivity index (χ1n) is 6.68. The van der Waals surface area contributed by atoms with Crippen LogP contribution in [0.25, 0.3) is 0 Å². The molecule has 1 aliphatic heterocycles. The molecule has 1 aromatic rings. The zero-order valence-electron chi connectivity index (χ0n) is 9.91. The minimum atomic E-state index is 0.533. The Bertz CT molecular complexity index is 328. The van der Waals surface area contributed by atoms with E-state index in [1.54, 1.807) is 5.56 Å². The van der Waals surface area contributed by atoms with Gasteiger partial charge in [-0.15, -0.1) is 0 Å². The van der Waals surface area contributed by atoms with Crippen LogP contribution in [0, 0.1) is 0 Å². The maximum absolute atomic E-state index is 3.74. The Balaban J connectivity index is 1.66. The maximum atomic E-state index is 3.74. The van der Waals surface area contributed by atoms with Crippen molar-refractivity contribution in [2.45, 2.75) is 50.0 Å². The van der Waals surface area contributed by atoms with Gasteiger partial charge in [0.2, 0.25) is 0 Å². The third-order valence-electron chi connectivity index (χ3n) is 4.55. The summed E-state index contributed by atoms with van der Waals surface area (Å²) in [5.41, 5.74) is 2.08. The Labute approximate surface area is 98.3 Å². The van der Waals surface area contributed by atoms with Crippen LogP contribution in [0.1, 0.15) is 50.0 Å². The Morgan fingerprint density at radius 3 is 2.38 bits per heavy atom. The number of nitrogens with one attached hydrogen (secondary N) is 1. The van der Waals surface area contributed by atoms with E-state index in [0.717, 1.165) is 5.92 Å². The summed E-state index contributed by atoms with van der Waals surface area (Å²) >= 11 is 0. The van der Waals surface area contributed by atoms with E-state index >= 15 is 0 Å². The minimum Gasteiger partial charge on any atom is -0.311 e. The second kappa shape index (κ2) is 4.21. The molecule has 2 aliphatic rings. The molecular formula is C15H21N. The summed E-state index contributed by atoms with van der Waals surface area (Å²) in [6.07, 6.45) is 8.30. The first kappa shape index (κ1) is 10.3. The molecular weight excluding hydrogens is 194 g/mol. The molecule has 86 valence electrons. The predicted octanol–water partition coefficient (Wildman–Crippen LogP) is 3.47. The van der Waals surface area contributed by atoms with Crippen molar-refractivity contribution >= 4 is 0 Å². The van der Waals surface area contributed by atoms with Crippen LogP contribution in [-0.4, -0.2) is 12.1 Å². The lowest BCUT2D eigenvalue weighted by Crippen LogP contribution is -2.42. The van der Waals surface area contributed by atoms with Crippen LogP contribution in [0.15, 0.2) is 30.3 Å². The quantitative estimate of drug-likeness (QED) is 0.756. The summed E-state index contributed by atoms with van der Waals surface area (Å²) in [5.74, 6) is 0.814. The van der Waals surface area contributed by atoms with Gasteiger partial charge in [0.25, 0.3) is 0 Å². The summed E-state index contributed by atoms with van der Waals surface area (Å²) in [6.45, 7) is 1.25. The molecule has 0 amide bonds. The van der Waals surface area contributed by atoms with Crippen molar-refractivity contribution < 1.29 is 0 Å². The minimum absolute atomic E-state index is 0.533. The van der Waals surface area contributed by atoms with Gasteiger partial charge >= 0.3 is 0 Å². The van der Waals surface area contributed by atoms with E-state index < -0.39 is 0 Å². The van der Waals surface area contributed by atoms with Gasteiger partial charge in [-0.3, -0.25) is 0 Å². The van der Waals surface area contributed by atoms with Crippen molar-refractivity contribution in [3.63, 3.8) is 0 Å². The van der Waals surface area contributed by atoms with Crippen molar-refractivity contribution in [3.8, 4) is 0 Å². The van der Waals surface area contributed by atoms with Crippen LogP contribution in [0.5, 0.6) is 0 Å². The van der Waals surface area contributed by atoms with Gasteiger partial charge in [0.15, 0.2) is 0 Å². The molecule has 0 unspecified atom stereocenters.